The van der Waals surface area contributed by atoms with Crippen molar-refractivity contribution in [2.75, 3.05) is 0 Å². The highest BCUT2D eigenvalue weighted by molar-refractivity contribution is 4.84. The highest BCUT2D eigenvalue weighted by atomic mass is 14.4. The van der Waals surface area contributed by atoms with E-state index in [2.05, 4.69) is 27.7 Å². The second kappa shape index (κ2) is 3.81. The standard InChI is InChI=1S/C12H24/c1-5-11-7-6-8-12(4,9-11)10(2)3/h10-11H,5-9H2,1-4H3. The molecule has 0 nitrogen and oxygen atoms in total. The Bertz CT molecular complexity index is 137. The molecular formula is C12H24. The molecular weight excluding hydrogens is 144 g/mol. The quantitative estimate of drug-likeness (QED) is 0.578. The van der Waals surface area contributed by atoms with Gasteiger partial charge in [0, 0.05) is 0 Å². The van der Waals surface area contributed by atoms with E-state index in [0.29, 0.717) is 5.41 Å². The van der Waals surface area contributed by atoms with E-state index in [9.17, 15) is 0 Å². The lowest BCUT2D eigenvalue weighted by molar-refractivity contribution is 0.100. The van der Waals surface area contributed by atoms with Crippen molar-refractivity contribution in [3.8, 4) is 0 Å². The Morgan fingerprint density at radius 3 is 2.58 bits per heavy atom. The van der Waals surface area contributed by atoms with Gasteiger partial charge in [0.15, 0.2) is 0 Å². The summed E-state index contributed by atoms with van der Waals surface area (Å²) in [6.07, 6.45) is 7.27. The fourth-order valence-electron chi connectivity index (χ4n) is 2.53. The van der Waals surface area contributed by atoms with E-state index in [1.54, 1.807) is 0 Å². The molecule has 0 aromatic carbocycles. The zero-order chi connectivity index (χ0) is 9.19. The zero-order valence-electron chi connectivity index (χ0n) is 9.19. The topological polar surface area (TPSA) is 0 Å². The third kappa shape index (κ3) is 2.02. The van der Waals surface area contributed by atoms with Crippen molar-refractivity contribution in [3.63, 3.8) is 0 Å². The minimum absolute atomic E-state index is 0.652. The third-order valence-corrected chi connectivity index (χ3v) is 4.09. The minimum Gasteiger partial charge on any atom is -0.0651 e. The molecule has 0 N–H and O–H groups in total. The Balaban J connectivity index is 2.54. The molecule has 0 heteroatoms. The molecule has 12 heavy (non-hydrogen) atoms. The van der Waals surface area contributed by atoms with E-state index in [4.69, 9.17) is 0 Å². The Hall–Kier alpha value is 0. The highest BCUT2D eigenvalue weighted by Gasteiger charge is 2.33. The van der Waals surface area contributed by atoms with Crippen LogP contribution in [0.3, 0.4) is 0 Å². The van der Waals surface area contributed by atoms with Gasteiger partial charge in [-0.05, 0) is 30.1 Å². The second-order valence-electron chi connectivity index (χ2n) is 5.18. The molecule has 2 unspecified atom stereocenters. The molecule has 72 valence electrons. The van der Waals surface area contributed by atoms with Gasteiger partial charge in [-0.3, -0.25) is 0 Å². The van der Waals surface area contributed by atoms with Crippen LogP contribution in [0.4, 0.5) is 0 Å². The van der Waals surface area contributed by atoms with Gasteiger partial charge in [0.25, 0.3) is 0 Å². The molecule has 0 aromatic rings. The van der Waals surface area contributed by atoms with Crippen LogP contribution in [0.15, 0.2) is 0 Å². The third-order valence-electron chi connectivity index (χ3n) is 4.09. The van der Waals surface area contributed by atoms with Crippen LogP contribution >= 0.6 is 0 Å². The Morgan fingerprint density at radius 2 is 2.08 bits per heavy atom. The fourth-order valence-corrected chi connectivity index (χ4v) is 2.53. The van der Waals surface area contributed by atoms with Crippen LogP contribution in [0, 0.1) is 17.3 Å². The van der Waals surface area contributed by atoms with Crippen molar-refractivity contribution in [2.45, 2.75) is 59.8 Å². The first-order chi connectivity index (χ1) is 5.58. The maximum Gasteiger partial charge on any atom is -0.0300 e. The lowest BCUT2D eigenvalue weighted by Gasteiger charge is -2.41. The van der Waals surface area contributed by atoms with E-state index >= 15 is 0 Å². The Labute approximate surface area is 77.7 Å². The second-order valence-corrected chi connectivity index (χ2v) is 5.18. The molecule has 0 radical (unpaired) electrons. The van der Waals surface area contributed by atoms with Crippen molar-refractivity contribution >= 4 is 0 Å². The largest absolute Gasteiger partial charge is 0.0651 e. The molecule has 0 spiro atoms. The van der Waals surface area contributed by atoms with Crippen LogP contribution in [-0.4, -0.2) is 0 Å². The van der Waals surface area contributed by atoms with Crippen molar-refractivity contribution in [2.24, 2.45) is 17.3 Å². The summed E-state index contributed by atoms with van der Waals surface area (Å²) in [4.78, 5) is 0. The minimum atomic E-state index is 0.652. The molecule has 1 rings (SSSR count). The summed E-state index contributed by atoms with van der Waals surface area (Å²) in [5, 5.41) is 0. The van der Waals surface area contributed by atoms with Gasteiger partial charge >= 0.3 is 0 Å². The summed E-state index contributed by atoms with van der Waals surface area (Å²) in [6.45, 7) is 9.60. The lowest BCUT2D eigenvalue weighted by atomic mass is 9.64. The first kappa shape index (κ1) is 10.1. The molecule has 0 aliphatic heterocycles. The van der Waals surface area contributed by atoms with E-state index in [1.165, 1.54) is 32.1 Å². The maximum absolute atomic E-state index is 2.49. The van der Waals surface area contributed by atoms with Crippen molar-refractivity contribution < 1.29 is 0 Å². The molecule has 0 aromatic heterocycles. The summed E-state index contributed by atoms with van der Waals surface area (Å²) >= 11 is 0. The Kier molecular flexibility index (Phi) is 3.20. The lowest BCUT2D eigenvalue weighted by Crippen LogP contribution is -2.30. The SMILES string of the molecule is CCC1CCCC(C)(C(C)C)C1. The van der Waals surface area contributed by atoms with Crippen molar-refractivity contribution in [1.82, 2.24) is 0 Å². The maximum atomic E-state index is 2.49. The van der Waals surface area contributed by atoms with Crippen molar-refractivity contribution in [3.05, 3.63) is 0 Å². The molecule has 0 bridgehead atoms. The smallest absolute Gasteiger partial charge is 0.0300 e. The van der Waals surface area contributed by atoms with Crippen LogP contribution in [0.5, 0.6) is 0 Å². The van der Waals surface area contributed by atoms with Gasteiger partial charge in [-0.15, -0.1) is 0 Å². The summed E-state index contributed by atoms with van der Waals surface area (Å²) in [5.41, 5.74) is 0.652. The summed E-state index contributed by atoms with van der Waals surface area (Å²) in [6, 6.07) is 0. The van der Waals surface area contributed by atoms with Gasteiger partial charge in [-0.25, -0.2) is 0 Å². The average Bonchev–Trinajstić information content (AvgIpc) is 2.04. The van der Waals surface area contributed by atoms with E-state index < -0.39 is 0 Å². The van der Waals surface area contributed by atoms with Crippen molar-refractivity contribution in [1.29, 1.82) is 0 Å². The van der Waals surface area contributed by atoms with Gasteiger partial charge < -0.3 is 0 Å². The number of hydrogen-bond donors (Lipinski definition) is 0. The fraction of sp³-hybridized carbons (Fsp3) is 1.00. The van der Waals surface area contributed by atoms with Gasteiger partial charge in [0.2, 0.25) is 0 Å². The first-order valence-corrected chi connectivity index (χ1v) is 5.58. The molecule has 1 saturated carbocycles. The monoisotopic (exact) mass is 168 g/mol. The predicted octanol–water partition coefficient (Wildman–Crippen LogP) is 4.25. The summed E-state index contributed by atoms with van der Waals surface area (Å²) in [5.74, 6) is 1.89. The van der Waals surface area contributed by atoms with E-state index in [-0.39, 0.29) is 0 Å². The van der Waals surface area contributed by atoms with Gasteiger partial charge in [-0.2, -0.15) is 0 Å². The Morgan fingerprint density at radius 1 is 1.42 bits per heavy atom. The average molecular weight is 168 g/mol. The van der Waals surface area contributed by atoms with Gasteiger partial charge in [0.1, 0.15) is 0 Å². The van der Waals surface area contributed by atoms with Crippen LogP contribution in [0.1, 0.15) is 59.8 Å². The zero-order valence-corrected chi connectivity index (χ0v) is 9.19. The summed E-state index contributed by atoms with van der Waals surface area (Å²) < 4.78 is 0. The molecule has 1 fully saturated rings. The van der Waals surface area contributed by atoms with E-state index in [0.717, 1.165) is 11.8 Å². The molecule has 0 heterocycles. The van der Waals surface area contributed by atoms with Gasteiger partial charge in [-0.1, -0.05) is 47.0 Å². The van der Waals surface area contributed by atoms with Crippen LogP contribution in [-0.2, 0) is 0 Å². The molecule has 0 amide bonds. The normalized spacial score (nSPS) is 37.2. The summed E-state index contributed by atoms with van der Waals surface area (Å²) in [7, 11) is 0. The first-order valence-electron chi connectivity index (χ1n) is 5.58. The van der Waals surface area contributed by atoms with Gasteiger partial charge in [0.05, 0.1) is 0 Å². The van der Waals surface area contributed by atoms with Crippen LogP contribution in [0.2, 0.25) is 0 Å². The molecule has 1 aliphatic rings. The predicted molar refractivity (Wildman–Crippen MR) is 55.2 cm³/mol. The van der Waals surface area contributed by atoms with Crippen LogP contribution < -0.4 is 0 Å². The van der Waals surface area contributed by atoms with E-state index in [1.807, 2.05) is 0 Å². The molecule has 1 aliphatic carbocycles. The number of rotatable bonds is 2. The molecule has 0 saturated heterocycles. The van der Waals surface area contributed by atoms with Crippen LogP contribution in [0.25, 0.3) is 0 Å². The number of hydrogen-bond acceptors (Lipinski definition) is 0. The highest BCUT2D eigenvalue weighted by Crippen LogP contribution is 2.45. The molecule has 2 atom stereocenters.